The van der Waals surface area contributed by atoms with Gasteiger partial charge in [-0.1, -0.05) is 25.5 Å². The fourth-order valence-electron chi connectivity index (χ4n) is 4.59. The van der Waals surface area contributed by atoms with E-state index >= 15 is 0 Å². The number of phenols is 1. The molecule has 0 spiro atoms. The highest BCUT2D eigenvalue weighted by atomic mass is 16.5. The molecular formula is C26H29N3O3. The first-order chi connectivity index (χ1) is 15.6. The molecule has 2 aliphatic rings. The Morgan fingerprint density at radius 2 is 2.00 bits per heavy atom. The second-order valence-corrected chi connectivity index (χ2v) is 8.66. The van der Waals surface area contributed by atoms with E-state index in [4.69, 9.17) is 9.47 Å². The third-order valence-corrected chi connectivity index (χ3v) is 6.56. The molecule has 3 aromatic rings. The van der Waals surface area contributed by atoms with Crippen molar-refractivity contribution in [1.82, 2.24) is 15.1 Å². The Labute approximate surface area is 188 Å². The molecule has 0 aliphatic carbocycles. The number of allylic oxidation sites excluding steroid dienone is 1. The number of aromatic amines is 1. The Morgan fingerprint density at radius 1 is 1.19 bits per heavy atom. The van der Waals surface area contributed by atoms with E-state index < -0.39 is 0 Å². The average molecular weight is 432 g/mol. The summed E-state index contributed by atoms with van der Waals surface area (Å²) in [6, 6.07) is 13.4. The maximum atomic E-state index is 9.97. The predicted molar refractivity (Wildman–Crippen MR) is 125 cm³/mol. The second kappa shape index (κ2) is 8.71. The summed E-state index contributed by atoms with van der Waals surface area (Å²) in [7, 11) is 0. The molecule has 6 nitrogen and oxygen atoms in total. The molecule has 2 N–H and O–H groups in total. The molecule has 3 heterocycles. The highest BCUT2D eigenvalue weighted by molar-refractivity contribution is 5.95. The molecule has 1 saturated heterocycles. The fourth-order valence-corrected chi connectivity index (χ4v) is 4.59. The second-order valence-electron chi connectivity index (χ2n) is 8.66. The lowest BCUT2D eigenvalue weighted by molar-refractivity contribution is 0.0806. The van der Waals surface area contributed by atoms with Crippen molar-refractivity contribution >= 4 is 11.1 Å². The number of nitrogens with zero attached hydrogens (tertiary/aromatic N) is 2. The van der Waals surface area contributed by atoms with Crippen LogP contribution in [0.5, 0.6) is 17.2 Å². The lowest BCUT2D eigenvalue weighted by Gasteiger charge is -2.38. The van der Waals surface area contributed by atoms with Gasteiger partial charge in [0.2, 0.25) is 0 Å². The van der Waals surface area contributed by atoms with Crippen molar-refractivity contribution in [2.24, 2.45) is 5.92 Å². The summed E-state index contributed by atoms with van der Waals surface area (Å²) in [5.74, 6) is 2.72. The van der Waals surface area contributed by atoms with Crippen LogP contribution in [0.15, 0.2) is 54.9 Å². The Kier molecular flexibility index (Phi) is 5.62. The lowest BCUT2D eigenvalue weighted by atomic mass is 9.87. The van der Waals surface area contributed by atoms with Crippen LogP contribution >= 0.6 is 0 Å². The van der Waals surface area contributed by atoms with Gasteiger partial charge in [-0.15, -0.1) is 0 Å². The van der Waals surface area contributed by atoms with Gasteiger partial charge in [-0.25, -0.2) is 0 Å². The SMILES string of the molecule is CCC1CN(CCOc2ccc(C3Oc4ccc(O)cc4C(C)=C3c3cn[nH]c3)cc2)C1. The van der Waals surface area contributed by atoms with Crippen LogP contribution in [0.1, 0.15) is 43.1 Å². The first-order valence-electron chi connectivity index (χ1n) is 11.3. The number of hydrogen-bond acceptors (Lipinski definition) is 5. The molecule has 5 rings (SSSR count). The van der Waals surface area contributed by atoms with Gasteiger partial charge in [0.15, 0.2) is 0 Å². The maximum absolute atomic E-state index is 9.97. The minimum atomic E-state index is -0.272. The van der Waals surface area contributed by atoms with E-state index in [1.54, 1.807) is 18.3 Å². The number of hydrogen-bond donors (Lipinski definition) is 2. The quantitative estimate of drug-likeness (QED) is 0.557. The standard InChI is InChI=1S/C26H29N3O3/c1-3-18-15-29(16-18)10-11-31-22-7-4-19(5-8-22)26-25(20-13-27-28-14-20)17(2)23-12-21(30)6-9-24(23)32-26/h4-9,12-14,18,26,30H,3,10-11,15-16H2,1-2H3,(H,27,28). The molecule has 0 saturated carbocycles. The largest absolute Gasteiger partial charge is 0.508 e. The molecule has 2 aromatic carbocycles. The van der Waals surface area contributed by atoms with E-state index in [1.165, 1.54) is 19.5 Å². The smallest absolute Gasteiger partial charge is 0.150 e. The highest BCUT2D eigenvalue weighted by Crippen LogP contribution is 2.47. The molecule has 0 radical (unpaired) electrons. The van der Waals surface area contributed by atoms with Gasteiger partial charge >= 0.3 is 0 Å². The topological polar surface area (TPSA) is 70.6 Å². The Hall–Kier alpha value is -3.25. The summed E-state index contributed by atoms with van der Waals surface area (Å²) in [6.07, 6.45) is 4.67. The van der Waals surface area contributed by atoms with Gasteiger partial charge in [-0.2, -0.15) is 5.10 Å². The summed E-state index contributed by atoms with van der Waals surface area (Å²) < 4.78 is 12.4. The molecule has 0 bridgehead atoms. The molecule has 32 heavy (non-hydrogen) atoms. The molecule has 0 amide bonds. The molecule has 166 valence electrons. The first kappa shape index (κ1) is 20.6. The monoisotopic (exact) mass is 431 g/mol. The minimum absolute atomic E-state index is 0.224. The van der Waals surface area contributed by atoms with Crippen LogP contribution in [0.3, 0.4) is 0 Å². The third kappa shape index (κ3) is 3.98. The Balaban J connectivity index is 1.34. The van der Waals surface area contributed by atoms with E-state index in [9.17, 15) is 5.11 Å². The summed E-state index contributed by atoms with van der Waals surface area (Å²) in [4.78, 5) is 2.44. The van der Waals surface area contributed by atoms with Gasteiger partial charge < -0.3 is 14.6 Å². The number of fused-ring (bicyclic) bond motifs is 1. The van der Waals surface area contributed by atoms with Crippen LogP contribution in [0.4, 0.5) is 0 Å². The van der Waals surface area contributed by atoms with Gasteiger partial charge in [0, 0.05) is 42.5 Å². The van der Waals surface area contributed by atoms with Gasteiger partial charge in [-0.05, 0) is 54.3 Å². The molecular weight excluding hydrogens is 402 g/mol. The molecule has 2 aliphatic heterocycles. The van der Waals surface area contributed by atoms with Crippen molar-refractivity contribution in [3.05, 3.63) is 71.5 Å². The van der Waals surface area contributed by atoms with Gasteiger partial charge in [0.25, 0.3) is 0 Å². The fraction of sp³-hybridized carbons (Fsp3) is 0.346. The van der Waals surface area contributed by atoms with Crippen LogP contribution in [0.25, 0.3) is 11.1 Å². The highest BCUT2D eigenvalue weighted by Gasteiger charge is 2.30. The van der Waals surface area contributed by atoms with Crippen molar-refractivity contribution in [2.45, 2.75) is 26.4 Å². The summed E-state index contributed by atoms with van der Waals surface area (Å²) >= 11 is 0. The number of aromatic hydroxyl groups is 1. The van der Waals surface area contributed by atoms with Crippen molar-refractivity contribution in [2.75, 3.05) is 26.2 Å². The number of ether oxygens (including phenoxy) is 2. The number of rotatable bonds is 7. The third-order valence-electron chi connectivity index (χ3n) is 6.56. The molecule has 1 unspecified atom stereocenters. The average Bonchev–Trinajstić information content (AvgIpc) is 3.30. The van der Waals surface area contributed by atoms with Crippen LogP contribution in [0, 0.1) is 5.92 Å². The van der Waals surface area contributed by atoms with E-state index in [1.807, 2.05) is 24.4 Å². The number of aromatic nitrogens is 2. The van der Waals surface area contributed by atoms with Crippen LogP contribution in [0.2, 0.25) is 0 Å². The van der Waals surface area contributed by atoms with E-state index in [0.717, 1.165) is 51.8 Å². The number of phenolic OH excluding ortho intramolecular Hbond substituents is 1. The van der Waals surface area contributed by atoms with Crippen LogP contribution in [-0.2, 0) is 0 Å². The van der Waals surface area contributed by atoms with Gasteiger partial charge in [-0.3, -0.25) is 10.00 Å². The zero-order valence-electron chi connectivity index (χ0n) is 18.5. The number of benzene rings is 2. The van der Waals surface area contributed by atoms with Crippen LogP contribution in [-0.4, -0.2) is 46.4 Å². The summed E-state index contributed by atoms with van der Waals surface area (Å²) in [5.41, 5.74) is 5.01. The molecule has 1 fully saturated rings. The van der Waals surface area contributed by atoms with Crippen molar-refractivity contribution in [3.8, 4) is 17.2 Å². The normalized spacial score (nSPS) is 18.8. The lowest BCUT2D eigenvalue weighted by Crippen LogP contribution is -2.47. The molecule has 6 heteroatoms. The maximum Gasteiger partial charge on any atom is 0.150 e. The zero-order chi connectivity index (χ0) is 22.1. The number of likely N-dealkylation sites (tertiary alicyclic amines) is 1. The van der Waals surface area contributed by atoms with Crippen molar-refractivity contribution < 1.29 is 14.6 Å². The van der Waals surface area contributed by atoms with E-state index in [0.29, 0.717) is 6.61 Å². The van der Waals surface area contributed by atoms with Crippen molar-refractivity contribution in [3.63, 3.8) is 0 Å². The van der Waals surface area contributed by atoms with Crippen molar-refractivity contribution in [1.29, 1.82) is 0 Å². The van der Waals surface area contributed by atoms with E-state index in [2.05, 4.69) is 41.1 Å². The van der Waals surface area contributed by atoms with Crippen LogP contribution < -0.4 is 9.47 Å². The first-order valence-corrected chi connectivity index (χ1v) is 11.3. The number of H-pyrrole nitrogens is 1. The Bertz CT molecular complexity index is 1100. The molecule has 1 atom stereocenters. The summed E-state index contributed by atoms with van der Waals surface area (Å²) in [5, 5.41) is 17.0. The zero-order valence-corrected chi connectivity index (χ0v) is 18.5. The number of nitrogens with one attached hydrogen (secondary N) is 1. The summed E-state index contributed by atoms with van der Waals surface area (Å²) in [6.45, 7) is 8.38. The van der Waals surface area contributed by atoms with Gasteiger partial charge in [0.05, 0.1) is 6.20 Å². The molecule has 1 aromatic heterocycles. The van der Waals surface area contributed by atoms with Gasteiger partial charge in [0.1, 0.15) is 30.0 Å². The minimum Gasteiger partial charge on any atom is -0.508 e. The predicted octanol–water partition coefficient (Wildman–Crippen LogP) is 4.90. The van der Waals surface area contributed by atoms with E-state index in [-0.39, 0.29) is 11.9 Å². The Morgan fingerprint density at radius 3 is 2.72 bits per heavy atom.